The zero-order valence-corrected chi connectivity index (χ0v) is 14.4. The minimum Gasteiger partial charge on any atom is -0.361 e. The Morgan fingerprint density at radius 2 is 1.92 bits per heavy atom. The summed E-state index contributed by atoms with van der Waals surface area (Å²) in [7, 11) is 0. The summed E-state index contributed by atoms with van der Waals surface area (Å²) in [6.07, 6.45) is 5.75. The number of aromatic nitrogens is 3. The molecule has 25 heavy (non-hydrogen) atoms. The van der Waals surface area contributed by atoms with Crippen LogP contribution in [0.15, 0.2) is 42.9 Å². The molecular formula is C18H18ClN5O. The van der Waals surface area contributed by atoms with Crippen molar-refractivity contribution in [3.05, 3.63) is 53.4 Å². The fourth-order valence-corrected chi connectivity index (χ4v) is 3.35. The summed E-state index contributed by atoms with van der Waals surface area (Å²) >= 11 is 6.08. The Labute approximate surface area is 150 Å². The van der Waals surface area contributed by atoms with Crippen LogP contribution in [0.2, 0.25) is 5.02 Å². The first-order valence-electron chi connectivity index (χ1n) is 8.26. The Hall–Kier alpha value is -2.60. The van der Waals surface area contributed by atoms with Crippen molar-refractivity contribution in [2.75, 3.05) is 31.1 Å². The Morgan fingerprint density at radius 3 is 2.68 bits per heavy atom. The average Bonchev–Trinajstić information content (AvgIpc) is 3.04. The first-order valence-corrected chi connectivity index (χ1v) is 8.64. The second kappa shape index (κ2) is 6.72. The van der Waals surface area contributed by atoms with Gasteiger partial charge in [-0.15, -0.1) is 0 Å². The second-order valence-corrected chi connectivity index (χ2v) is 6.53. The van der Waals surface area contributed by atoms with E-state index in [1.165, 1.54) is 0 Å². The first kappa shape index (κ1) is 15.9. The number of aromatic amines is 1. The van der Waals surface area contributed by atoms with E-state index in [-0.39, 0.29) is 5.91 Å². The molecule has 1 aliphatic rings. The van der Waals surface area contributed by atoms with E-state index < -0.39 is 0 Å². The first-order chi connectivity index (χ1) is 12.2. The SMILES string of the molecule is O=C(Cc1c[nH]c2ccc(Cl)cc12)N1CCN(c2ncccn2)CC1. The van der Waals surface area contributed by atoms with Gasteiger partial charge in [0, 0.05) is 60.7 Å². The van der Waals surface area contributed by atoms with Gasteiger partial charge in [-0.25, -0.2) is 9.97 Å². The van der Waals surface area contributed by atoms with E-state index in [4.69, 9.17) is 11.6 Å². The molecule has 4 rings (SSSR count). The van der Waals surface area contributed by atoms with Gasteiger partial charge in [-0.1, -0.05) is 11.6 Å². The zero-order valence-electron chi connectivity index (χ0n) is 13.7. The Morgan fingerprint density at radius 1 is 1.16 bits per heavy atom. The number of halogens is 1. The molecule has 0 atom stereocenters. The van der Waals surface area contributed by atoms with Crippen molar-refractivity contribution in [1.29, 1.82) is 0 Å². The molecule has 3 heterocycles. The van der Waals surface area contributed by atoms with E-state index in [1.54, 1.807) is 18.5 Å². The molecule has 128 valence electrons. The van der Waals surface area contributed by atoms with Crippen molar-refractivity contribution in [2.45, 2.75) is 6.42 Å². The molecule has 2 aromatic heterocycles. The number of piperazine rings is 1. The molecule has 0 saturated carbocycles. The molecule has 0 aliphatic carbocycles. The predicted molar refractivity (Wildman–Crippen MR) is 97.8 cm³/mol. The largest absolute Gasteiger partial charge is 0.361 e. The van der Waals surface area contributed by atoms with Crippen molar-refractivity contribution in [1.82, 2.24) is 19.9 Å². The third-order valence-corrected chi connectivity index (χ3v) is 4.77. The zero-order chi connectivity index (χ0) is 17.2. The lowest BCUT2D eigenvalue weighted by Gasteiger charge is -2.34. The van der Waals surface area contributed by atoms with Crippen LogP contribution in [0.4, 0.5) is 5.95 Å². The van der Waals surface area contributed by atoms with Gasteiger partial charge < -0.3 is 14.8 Å². The molecule has 1 fully saturated rings. The predicted octanol–water partition coefficient (Wildman–Crippen LogP) is 2.50. The number of rotatable bonds is 3. The standard InChI is InChI=1S/C18H18ClN5O/c19-14-2-3-16-15(11-14)13(12-22-16)10-17(25)23-6-8-24(9-7-23)18-20-4-1-5-21-18/h1-5,11-12,22H,6-10H2. The fourth-order valence-electron chi connectivity index (χ4n) is 3.18. The number of anilines is 1. The molecule has 0 radical (unpaired) electrons. The number of fused-ring (bicyclic) bond motifs is 1. The van der Waals surface area contributed by atoms with Crippen LogP contribution in [-0.2, 0) is 11.2 Å². The molecule has 1 amide bonds. The highest BCUT2D eigenvalue weighted by Crippen LogP contribution is 2.23. The monoisotopic (exact) mass is 355 g/mol. The molecular weight excluding hydrogens is 338 g/mol. The van der Waals surface area contributed by atoms with Crippen molar-refractivity contribution in [2.24, 2.45) is 0 Å². The summed E-state index contributed by atoms with van der Waals surface area (Å²) in [4.78, 5) is 28.4. The van der Waals surface area contributed by atoms with E-state index >= 15 is 0 Å². The smallest absolute Gasteiger partial charge is 0.227 e. The van der Waals surface area contributed by atoms with Crippen molar-refractivity contribution >= 4 is 34.4 Å². The summed E-state index contributed by atoms with van der Waals surface area (Å²) in [6, 6.07) is 7.48. The van der Waals surface area contributed by atoms with Crippen molar-refractivity contribution in [3.8, 4) is 0 Å². The maximum atomic E-state index is 12.7. The van der Waals surface area contributed by atoms with Gasteiger partial charge >= 0.3 is 0 Å². The maximum absolute atomic E-state index is 12.7. The van der Waals surface area contributed by atoms with Gasteiger partial charge in [-0.3, -0.25) is 4.79 Å². The minimum absolute atomic E-state index is 0.134. The number of H-pyrrole nitrogens is 1. The summed E-state index contributed by atoms with van der Waals surface area (Å²) in [5.41, 5.74) is 1.98. The number of nitrogens with one attached hydrogen (secondary N) is 1. The maximum Gasteiger partial charge on any atom is 0.227 e. The fraction of sp³-hybridized carbons (Fsp3) is 0.278. The quantitative estimate of drug-likeness (QED) is 0.784. The van der Waals surface area contributed by atoms with Gasteiger partial charge in [-0.05, 0) is 29.8 Å². The van der Waals surface area contributed by atoms with Crippen LogP contribution >= 0.6 is 11.6 Å². The molecule has 3 aromatic rings. The van der Waals surface area contributed by atoms with E-state index in [9.17, 15) is 4.79 Å². The van der Waals surface area contributed by atoms with Crippen molar-refractivity contribution < 1.29 is 4.79 Å². The summed E-state index contributed by atoms with van der Waals surface area (Å²) in [5.74, 6) is 0.857. The van der Waals surface area contributed by atoms with E-state index in [0.717, 1.165) is 35.5 Å². The summed E-state index contributed by atoms with van der Waals surface area (Å²) < 4.78 is 0. The Bertz CT molecular complexity index is 887. The van der Waals surface area contributed by atoms with E-state index in [1.807, 2.05) is 29.3 Å². The summed E-state index contributed by atoms with van der Waals surface area (Å²) in [6.45, 7) is 2.85. The van der Waals surface area contributed by atoms with Crippen LogP contribution in [0, 0.1) is 0 Å². The number of nitrogens with zero attached hydrogens (tertiary/aromatic N) is 4. The normalized spacial score (nSPS) is 14.9. The number of carbonyl (C=O) groups is 1. The molecule has 1 aliphatic heterocycles. The van der Waals surface area contributed by atoms with Crippen LogP contribution in [0.1, 0.15) is 5.56 Å². The lowest BCUT2D eigenvalue weighted by molar-refractivity contribution is -0.130. The number of benzene rings is 1. The summed E-state index contributed by atoms with van der Waals surface area (Å²) in [5, 5.41) is 1.69. The van der Waals surface area contributed by atoms with Crippen LogP contribution in [0.25, 0.3) is 10.9 Å². The molecule has 0 spiro atoms. The number of carbonyl (C=O) groups excluding carboxylic acids is 1. The number of amides is 1. The molecule has 0 bridgehead atoms. The third kappa shape index (κ3) is 3.30. The van der Waals surface area contributed by atoms with Gasteiger partial charge in [-0.2, -0.15) is 0 Å². The van der Waals surface area contributed by atoms with Gasteiger partial charge in [0.2, 0.25) is 11.9 Å². The second-order valence-electron chi connectivity index (χ2n) is 6.10. The van der Waals surface area contributed by atoms with Gasteiger partial charge in [0.15, 0.2) is 0 Å². The Balaban J connectivity index is 1.41. The van der Waals surface area contributed by atoms with E-state index in [0.29, 0.717) is 24.5 Å². The molecule has 1 saturated heterocycles. The third-order valence-electron chi connectivity index (χ3n) is 4.54. The highest BCUT2D eigenvalue weighted by Gasteiger charge is 2.23. The minimum atomic E-state index is 0.134. The Kier molecular flexibility index (Phi) is 4.28. The van der Waals surface area contributed by atoms with Crippen LogP contribution in [0.5, 0.6) is 0 Å². The molecule has 1 N–H and O–H groups in total. The lowest BCUT2D eigenvalue weighted by Crippen LogP contribution is -2.49. The van der Waals surface area contributed by atoms with Crippen molar-refractivity contribution in [3.63, 3.8) is 0 Å². The van der Waals surface area contributed by atoms with Crippen LogP contribution in [0.3, 0.4) is 0 Å². The van der Waals surface area contributed by atoms with Crippen LogP contribution in [-0.4, -0.2) is 51.9 Å². The highest BCUT2D eigenvalue weighted by molar-refractivity contribution is 6.31. The lowest BCUT2D eigenvalue weighted by atomic mass is 10.1. The van der Waals surface area contributed by atoms with Gasteiger partial charge in [0.1, 0.15) is 0 Å². The molecule has 0 unspecified atom stereocenters. The van der Waals surface area contributed by atoms with Crippen LogP contribution < -0.4 is 4.90 Å². The van der Waals surface area contributed by atoms with Gasteiger partial charge in [0.05, 0.1) is 6.42 Å². The molecule has 7 heteroatoms. The molecule has 1 aromatic carbocycles. The highest BCUT2D eigenvalue weighted by atomic mass is 35.5. The average molecular weight is 356 g/mol. The molecule has 6 nitrogen and oxygen atoms in total. The van der Waals surface area contributed by atoms with Gasteiger partial charge in [0.25, 0.3) is 0 Å². The number of hydrogen-bond acceptors (Lipinski definition) is 4. The van der Waals surface area contributed by atoms with E-state index in [2.05, 4.69) is 19.9 Å². The topological polar surface area (TPSA) is 65.1 Å². The number of hydrogen-bond donors (Lipinski definition) is 1.